The van der Waals surface area contributed by atoms with E-state index in [9.17, 15) is 22.8 Å². The number of halogens is 4. The first-order chi connectivity index (χ1) is 20.8. The second-order valence-electron chi connectivity index (χ2n) is 11.7. The number of fused-ring (bicyclic) bond motifs is 3. The molecule has 6 rings (SSSR count). The second-order valence-corrected chi connectivity index (χ2v) is 12.5. The van der Waals surface area contributed by atoms with Crippen molar-refractivity contribution in [2.24, 2.45) is 5.92 Å². The summed E-state index contributed by atoms with van der Waals surface area (Å²) < 4.78 is 45.8. The molecule has 8 nitrogen and oxygen atoms in total. The molecule has 3 aromatic heterocycles. The van der Waals surface area contributed by atoms with E-state index in [1.165, 1.54) is 17.0 Å². The average molecular weight is 668 g/mol. The van der Waals surface area contributed by atoms with Crippen molar-refractivity contribution >= 4 is 27.5 Å². The minimum absolute atomic E-state index is 0.0275. The van der Waals surface area contributed by atoms with Gasteiger partial charge in [-0.25, -0.2) is 9.20 Å². The number of carbonyl (C=O) groups is 1. The summed E-state index contributed by atoms with van der Waals surface area (Å²) in [6, 6.07) is 12.5. The molecular formula is C32H30BrF3N6O2. The summed E-state index contributed by atoms with van der Waals surface area (Å²) in [4.78, 5) is 29.4. The monoisotopic (exact) mass is 666 g/mol. The number of carbonyl (C=O) groups excluding carboxylic acids is 1. The van der Waals surface area contributed by atoms with Crippen molar-refractivity contribution in [2.45, 2.75) is 59.3 Å². The predicted molar refractivity (Wildman–Crippen MR) is 163 cm³/mol. The summed E-state index contributed by atoms with van der Waals surface area (Å²) in [6.07, 6.45) is -0.101. The van der Waals surface area contributed by atoms with Crippen LogP contribution in [0, 0.1) is 12.8 Å². The van der Waals surface area contributed by atoms with E-state index < -0.39 is 23.7 Å². The molecule has 0 spiro atoms. The van der Waals surface area contributed by atoms with E-state index in [2.05, 4.69) is 40.0 Å². The maximum Gasteiger partial charge on any atom is 0.417 e. The Kier molecular flexibility index (Phi) is 7.51. The van der Waals surface area contributed by atoms with E-state index in [-0.39, 0.29) is 34.5 Å². The van der Waals surface area contributed by atoms with Crippen LogP contribution in [0.5, 0.6) is 0 Å². The van der Waals surface area contributed by atoms with Gasteiger partial charge in [0.05, 0.1) is 41.1 Å². The highest BCUT2D eigenvalue weighted by Gasteiger charge is 2.36. The smallest absolute Gasteiger partial charge is 0.330 e. The Morgan fingerprint density at radius 2 is 1.80 bits per heavy atom. The molecule has 0 saturated heterocycles. The molecule has 0 radical (unpaired) electrons. The minimum atomic E-state index is -4.62. The molecule has 4 heterocycles. The Balaban J connectivity index is 1.46. The molecule has 1 unspecified atom stereocenters. The molecule has 1 aliphatic heterocycles. The fourth-order valence-corrected chi connectivity index (χ4v) is 6.31. The lowest BCUT2D eigenvalue weighted by Gasteiger charge is -2.35. The van der Waals surface area contributed by atoms with Gasteiger partial charge in [0, 0.05) is 33.4 Å². The van der Waals surface area contributed by atoms with Gasteiger partial charge in [-0.15, -0.1) is 0 Å². The summed E-state index contributed by atoms with van der Waals surface area (Å²) in [7, 11) is 0. The van der Waals surface area contributed by atoms with E-state index in [0.717, 1.165) is 23.0 Å². The Hall–Kier alpha value is -4.19. The Labute approximate surface area is 259 Å². The van der Waals surface area contributed by atoms with Crippen LogP contribution in [0.2, 0.25) is 0 Å². The number of hydrogen-bond acceptors (Lipinski definition) is 4. The number of aryl methyl sites for hydroxylation is 1. The normalized spacial score (nSPS) is 15.3. The minimum Gasteiger partial charge on any atom is -0.330 e. The van der Waals surface area contributed by atoms with Crippen LogP contribution in [0.1, 0.15) is 59.2 Å². The molecule has 2 aromatic carbocycles. The molecule has 1 atom stereocenters. The van der Waals surface area contributed by atoms with Crippen molar-refractivity contribution in [3.63, 3.8) is 0 Å². The lowest BCUT2D eigenvalue weighted by Crippen LogP contribution is -2.46. The lowest BCUT2D eigenvalue weighted by molar-refractivity contribution is -0.138. The number of rotatable bonds is 5. The van der Waals surface area contributed by atoms with E-state index in [4.69, 9.17) is 0 Å². The molecule has 0 fully saturated rings. The van der Waals surface area contributed by atoms with E-state index in [1.54, 1.807) is 26.9 Å². The van der Waals surface area contributed by atoms with Crippen molar-refractivity contribution in [3.8, 4) is 11.4 Å². The van der Waals surface area contributed by atoms with E-state index >= 15 is 0 Å². The zero-order valence-electron chi connectivity index (χ0n) is 24.6. The molecule has 44 heavy (non-hydrogen) atoms. The largest absolute Gasteiger partial charge is 0.417 e. The SMILES string of the molecule is Cc1ccn(-c2ccc(-n3c(=O)c4c(n5ncc(CC(C)C)c35)CN(C(=O)c3ccc(Br)c(C(F)(F)F)c3)C(C)C4)cc2)n1. The standard InChI is InChI=1S/C32H30BrF3N6O2/c1-18(2)13-22-16-37-42-28-17-39(30(43)21-5-10-27(33)26(15-21)32(34,35)36)20(4)14-25(28)31(44)41(29(22)42)24-8-6-23(7-9-24)40-12-11-19(3)38-40/h5-12,15-16,18,20H,13-14,17H2,1-4H3. The van der Waals surface area contributed by atoms with Crippen molar-refractivity contribution in [1.82, 2.24) is 28.9 Å². The van der Waals surface area contributed by atoms with Crippen LogP contribution >= 0.6 is 15.9 Å². The number of amides is 1. The summed E-state index contributed by atoms with van der Waals surface area (Å²) >= 11 is 2.94. The Morgan fingerprint density at radius 3 is 2.43 bits per heavy atom. The number of aromatic nitrogens is 5. The van der Waals surface area contributed by atoms with Crippen LogP contribution in [0.15, 0.2) is 70.2 Å². The van der Waals surface area contributed by atoms with Crippen LogP contribution in [-0.4, -0.2) is 40.8 Å². The highest BCUT2D eigenvalue weighted by Crippen LogP contribution is 2.36. The maximum atomic E-state index is 14.3. The topological polar surface area (TPSA) is 77.4 Å². The van der Waals surface area contributed by atoms with Crippen molar-refractivity contribution < 1.29 is 18.0 Å². The highest BCUT2D eigenvalue weighted by atomic mass is 79.9. The van der Waals surface area contributed by atoms with Crippen LogP contribution in [-0.2, 0) is 25.6 Å². The molecule has 5 aromatic rings. The van der Waals surface area contributed by atoms with Crippen LogP contribution in [0.25, 0.3) is 17.0 Å². The highest BCUT2D eigenvalue weighted by molar-refractivity contribution is 9.10. The molecule has 1 amide bonds. The Morgan fingerprint density at radius 1 is 1.09 bits per heavy atom. The van der Waals surface area contributed by atoms with Crippen LogP contribution in [0.4, 0.5) is 13.2 Å². The van der Waals surface area contributed by atoms with Gasteiger partial charge in [0.15, 0.2) is 0 Å². The van der Waals surface area contributed by atoms with Crippen molar-refractivity contribution in [3.05, 3.63) is 109 Å². The zero-order valence-corrected chi connectivity index (χ0v) is 26.1. The molecule has 0 bridgehead atoms. The third-order valence-electron chi connectivity index (χ3n) is 7.95. The molecule has 228 valence electrons. The Bertz CT molecular complexity index is 1960. The van der Waals surface area contributed by atoms with Gasteiger partial charge >= 0.3 is 6.18 Å². The first-order valence-corrected chi connectivity index (χ1v) is 15.1. The predicted octanol–water partition coefficient (Wildman–Crippen LogP) is 6.55. The van der Waals surface area contributed by atoms with Gasteiger partial charge in [-0.1, -0.05) is 29.8 Å². The quantitative estimate of drug-likeness (QED) is 0.213. The molecule has 1 aliphatic rings. The number of alkyl halides is 3. The van der Waals surface area contributed by atoms with Crippen LogP contribution in [0.3, 0.4) is 0 Å². The number of benzene rings is 2. The third kappa shape index (κ3) is 5.25. The fourth-order valence-electron chi connectivity index (χ4n) is 5.83. The maximum absolute atomic E-state index is 14.3. The second kappa shape index (κ2) is 11.1. The van der Waals surface area contributed by atoms with E-state index in [0.29, 0.717) is 29.0 Å². The first-order valence-electron chi connectivity index (χ1n) is 14.3. The van der Waals surface area contributed by atoms with Crippen LogP contribution < -0.4 is 5.56 Å². The molecule has 0 aliphatic carbocycles. The summed E-state index contributed by atoms with van der Waals surface area (Å²) in [5.74, 6) is -0.260. The van der Waals surface area contributed by atoms with Crippen molar-refractivity contribution in [2.75, 3.05) is 0 Å². The summed E-state index contributed by atoms with van der Waals surface area (Å²) in [6.45, 7) is 7.91. The summed E-state index contributed by atoms with van der Waals surface area (Å²) in [5, 5.41) is 9.14. The number of nitrogens with zero attached hydrogens (tertiary/aromatic N) is 6. The number of hydrogen-bond donors (Lipinski definition) is 0. The van der Waals surface area contributed by atoms with Gasteiger partial charge in [0.2, 0.25) is 0 Å². The van der Waals surface area contributed by atoms with Gasteiger partial charge in [0.25, 0.3) is 11.5 Å². The molecule has 0 N–H and O–H groups in total. The molecule has 12 heteroatoms. The lowest BCUT2D eigenvalue weighted by atomic mass is 9.97. The van der Waals surface area contributed by atoms with Gasteiger partial charge < -0.3 is 4.90 Å². The van der Waals surface area contributed by atoms with Gasteiger partial charge in [0.1, 0.15) is 5.65 Å². The third-order valence-corrected chi connectivity index (χ3v) is 8.64. The summed E-state index contributed by atoms with van der Waals surface area (Å²) in [5.41, 5.74) is 3.77. The zero-order chi connectivity index (χ0) is 31.5. The average Bonchev–Trinajstić information content (AvgIpc) is 3.59. The van der Waals surface area contributed by atoms with Crippen molar-refractivity contribution in [1.29, 1.82) is 0 Å². The van der Waals surface area contributed by atoms with Gasteiger partial charge in [-0.05, 0) is 81.1 Å². The molecular weight excluding hydrogens is 637 g/mol. The fraction of sp³-hybridized carbons (Fsp3) is 0.312. The molecule has 0 saturated carbocycles. The van der Waals surface area contributed by atoms with Gasteiger partial charge in [-0.3, -0.25) is 14.2 Å². The first kappa shape index (κ1) is 29.9. The van der Waals surface area contributed by atoms with Gasteiger partial charge in [-0.2, -0.15) is 23.4 Å². The van der Waals surface area contributed by atoms with E-state index in [1.807, 2.05) is 43.5 Å².